The summed E-state index contributed by atoms with van der Waals surface area (Å²) in [6.45, 7) is 11.0. The molecule has 2 aromatic rings. The minimum absolute atomic E-state index is 0.125. The molecule has 21 heavy (non-hydrogen) atoms. The molecule has 0 aromatic carbocycles. The Morgan fingerprint density at radius 2 is 2.00 bits per heavy atom. The van der Waals surface area contributed by atoms with Crippen LogP contribution in [0, 0.1) is 20.8 Å². The first-order valence-corrected chi connectivity index (χ1v) is 6.90. The summed E-state index contributed by atoms with van der Waals surface area (Å²) in [5, 5.41) is 6.85. The molecule has 0 spiro atoms. The van der Waals surface area contributed by atoms with E-state index in [1.165, 1.54) is 0 Å². The summed E-state index contributed by atoms with van der Waals surface area (Å²) in [5.74, 6) is 1.75. The highest BCUT2D eigenvalue weighted by Gasteiger charge is 2.36. The number of amides is 1. The average Bonchev–Trinajstić information content (AvgIpc) is 2.96. The van der Waals surface area contributed by atoms with Crippen molar-refractivity contribution in [3.63, 3.8) is 0 Å². The molecule has 0 aliphatic carbocycles. The van der Waals surface area contributed by atoms with Crippen LogP contribution in [0.3, 0.4) is 0 Å². The summed E-state index contributed by atoms with van der Waals surface area (Å²) < 4.78 is 10.6. The van der Waals surface area contributed by atoms with Crippen molar-refractivity contribution < 1.29 is 13.7 Å². The molecule has 0 saturated carbocycles. The number of aromatic nitrogens is 2. The molecule has 2 heterocycles. The molecule has 0 saturated heterocycles. The molecule has 1 unspecified atom stereocenters. The first-order valence-electron chi connectivity index (χ1n) is 6.90. The number of carbonyl (C=O) groups is 1. The predicted octanol–water partition coefficient (Wildman–Crippen LogP) is 2.74. The maximum atomic E-state index is 12.6. The van der Waals surface area contributed by atoms with E-state index < -0.39 is 5.41 Å². The lowest BCUT2D eigenvalue weighted by molar-refractivity contribution is -0.126. The maximum absolute atomic E-state index is 12.6. The van der Waals surface area contributed by atoms with Gasteiger partial charge in [-0.15, -0.1) is 0 Å². The Balaban J connectivity index is 2.19. The highest BCUT2D eigenvalue weighted by Crippen LogP contribution is 2.30. The van der Waals surface area contributed by atoms with Gasteiger partial charge in [-0.1, -0.05) is 5.16 Å². The van der Waals surface area contributed by atoms with Crippen LogP contribution in [-0.2, 0) is 10.2 Å². The van der Waals surface area contributed by atoms with E-state index >= 15 is 0 Å². The van der Waals surface area contributed by atoms with Crippen molar-refractivity contribution in [2.45, 2.75) is 53.0 Å². The fraction of sp³-hybridized carbons (Fsp3) is 0.533. The second-order valence-corrected chi connectivity index (χ2v) is 5.83. The van der Waals surface area contributed by atoms with E-state index in [0.29, 0.717) is 11.7 Å². The fourth-order valence-corrected chi connectivity index (χ4v) is 2.50. The third kappa shape index (κ3) is 2.84. The van der Waals surface area contributed by atoms with Gasteiger partial charge in [0, 0.05) is 5.56 Å². The Labute approximate surface area is 123 Å². The molecule has 2 rings (SSSR count). The van der Waals surface area contributed by atoms with Crippen molar-refractivity contribution in [3.8, 4) is 0 Å². The van der Waals surface area contributed by atoms with Crippen LogP contribution in [0.2, 0.25) is 0 Å². The van der Waals surface area contributed by atoms with Gasteiger partial charge in [0.25, 0.3) is 0 Å². The van der Waals surface area contributed by atoms with Crippen LogP contribution in [0.15, 0.2) is 15.1 Å². The Kier molecular flexibility index (Phi) is 3.89. The number of hydrogen-bond donors (Lipinski definition) is 1. The number of rotatable bonds is 4. The molecule has 1 amide bonds. The standard InChI is InChI=1S/C15H21N3O3/c1-8-7-16-13(20-8)10(3)17-14(19)15(5,6)12-9(2)18-21-11(12)4/h7,10H,1-6H3,(H,17,19). The van der Waals surface area contributed by atoms with Crippen LogP contribution in [0.4, 0.5) is 0 Å². The Morgan fingerprint density at radius 1 is 1.33 bits per heavy atom. The molecular formula is C15H21N3O3. The van der Waals surface area contributed by atoms with Crippen LogP contribution in [0.1, 0.15) is 55.5 Å². The number of carbonyl (C=O) groups excluding carboxylic acids is 1. The molecule has 2 aromatic heterocycles. The summed E-state index contributed by atoms with van der Waals surface area (Å²) in [6.07, 6.45) is 1.64. The van der Waals surface area contributed by atoms with E-state index in [2.05, 4.69) is 15.5 Å². The van der Waals surface area contributed by atoms with E-state index in [1.807, 2.05) is 41.5 Å². The fourth-order valence-electron chi connectivity index (χ4n) is 2.50. The number of hydrogen-bond acceptors (Lipinski definition) is 5. The van der Waals surface area contributed by atoms with Crippen molar-refractivity contribution in [1.82, 2.24) is 15.5 Å². The van der Waals surface area contributed by atoms with Gasteiger partial charge in [-0.3, -0.25) is 4.79 Å². The highest BCUT2D eigenvalue weighted by molar-refractivity contribution is 5.88. The minimum Gasteiger partial charge on any atom is -0.444 e. The van der Waals surface area contributed by atoms with Gasteiger partial charge in [-0.05, 0) is 41.5 Å². The van der Waals surface area contributed by atoms with Gasteiger partial charge in [0.2, 0.25) is 11.8 Å². The topological polar surface area (TPSA) is 81.2 Å². The Bertz CT molecular complexity index is 635. The summed E-state index contributed by atoms with van der Waals surface area (Å²) >= 11 is 0. The van der Waals surface area contributed by atoms with E-state index in [-0.39, 0.29) is 11.9 Å². The van der Waals surface area contributed by atoms with Gasteiger partial charge in [-0.25, -0.2) is 4.98 Å². The molecular weight excluding hydrogens is 270 g/mol. The summed E-state index contributed by atoms with van der Waals surface area (Å²) in [6, 6.07) is -0.300. The first kappa shape index (κ1) is 15.3. The lowest BCUT2D eigenvalue weighted by Gasteiger charge is -2.25. The molecule has 114 valence electrons. The normalized spacial score (nSPS) is 13.2. The Hall–Kier alpha value is -2.11. The molecule has 1 atom stereocenters. The van der Waals surface area contributed by atoms with Crippen molar-refractivity contribution in [2.75, 3.05) is 0 Å². The van der Waals surface area contributed by atoms with E-state index in [9.17, 15) is 4.79 Å². The van der Waals surface area contributed by atoms with Crippen LogP contribution < -0.4 is 5.32 Å². The zero-order valence-electron chi connectivity index (χ0n) is 13.3. The molecule has 0 aliphatic rings. The maximum Gasteiger partial charge on any atom is 0.230 e. The zero-order chi connectivity index (χ0) is 15.8. The largest absolute Gasteiger partial charge is 0.444 e. The van der Waals surface area contributed by atoms with Crippen LogP contribution >= 0.6 is 0 Å². The summed E-state index contributed by atoms with van der Waals surface area (Å²) in [5.41, 5.74) is 0.799. The van der Waals surface area contributed by atoms with Gasteiger partial charge in [0.1, 0.15) is 17.6 Å². The zero-order valence-corrected chi connectivity index (χ0v) is 13.3. The Morgan fingerprint density at radius 3 is 2.48 bits per heavy atom. The van der Waals surface area contributed by atoms with E-state index in [4.69, 9.17) is 8.94 Å². The number of nitrogens with zero attached hydrogens (tertiary/aromatic N) is 2. The van der Waals surface area contributed by atoms with Gasteiger partial charge in [0.05, 0.1) is 17.3 Å². The second-order valence-electron chi connectivity index (χ2n) is 5.83. The molecule has 0 fully saturated rings. The number of oxazole rings is 1. The first-order chi connectivity index (χ1) is 9.73. The summed E-state index contributed by atoms with van der Waals surface area (Å²) in [4.78, 5) is 16.7. The van der Waals surface area contributed by atoms with Crippen molar-refractivity contribution in [3.05, 3.63) is 34.9 Å². The molecule has 0 radical (unpaired) electrons. The highest BCUT2D eigenvalue weighted by atomic mass is 16.5. The molecule has 6 nitrogen and oxygen atoms in total. The smallest absolute Gasteiger partial charge is 0.230 e. The van der Waals surface area contributed by atoms with E-state index in [1.54, 1.807) is 6.20 Å². The van der Waals surface area contributed by atoms with E-state index in [0.717, 1.165) is 17.0 Å². The third-order valence-electron chi connectivity index (χ3n) is 3.58. The van der Waals surface area contributed by atoms with Crippen molar-refractivity contribution >= 4 is 5.91 Å². The average molecular weight is 291 g/mol. The van der Waals surface area contributed by atoms with Gasteiger partial charge < -0.3 is 14.3 Å². The lowest BCUT2D eigenvalue weighted by Crippen LogP contribution is -2.41. The molecule has 1 N–H and O–H groups in total. The molecule has 0 aliphatic heterocycles. The number of nitrogens with one attached hydrogen (secondary N) is 1. The number of aryl methyl sites for hydroxylation is 3. The van der Waals surface area contributed by atoms with Crippen LogP contribution in [0.25, 0.3) is 0 Å². The quantitative estimate of drug-likeness (QED) is 0.936. The van der Waals surface area contributed by atoms with Crippen molar-refractivity contribution in [2.24, 2.45) is 0 Å². The van der Waals surface area contributed by atoms with Gasteiger partial charge in [-0.2, -0.15) is 0 Å². The third-order valence-corrected chi connectivity index (χ3v) is 3.58. The predicted molar refractivity (Wildman–Crippen MR) is 76.8 cm³/mol. The minimum atomic E-state index is -0.746. The SMILES string of the molecule is Cc1cnc(C(C)NC(=O)C(C)(C)c2c(C)noc2C)o1. The van der Waals surface area contributed by atoms with Crippen LogP contribution in [0.5, 0.6) is 0 Å². The second kappa shape index (κ2) is 5.35. The molecule has 6 heteroatoms. The van der Waals surface area contributed by atoms with Gasteiger partial charge in [0.15, 0.2) is 0 Å². The van der Waals surface area contributed by atoms with Gasteiger partial charge >= 0.3 is 0 Å². The monoisotopic (exact) mass is 291 g/mol. The van der Waals surface area contributed by atoms with Crippen molar-refractivity contribution in [1.29, 1.82) is 0 Å². The van der Waals surface area contributed by atoms with Crippen LogP contribution in [-0.4, -0.2) is 16.0 Å². The lowest BCUT2D eigenvalue weighted by atomic mass is 9.82. The summed E-state index contributed by atoms with van der Waals surface area (Å²) in [7, 11) is 0. The molecule has 0 bridgehead atoms.